The Balaban J connectivity index is 2.28. The van der Waals surface area contributed by atoms with Crippen LogP contribution in [0.5, 0.6) is 11.5 Å². The van der Waals surface area contributed by atoms with Gasteiger partial charge in [0.25, 0.3) is 0 Å². The average Bonchev–Trinajstić information content (AvgIpc) is 2.55. The first kappa shape index (κ1) is 16.4. The van der Waals surface area contributed by atoms with Crippen LogP contribution in [-0.2, 0) is 16.0 Å². The summed E-state index contributed by atoms with van der Waals surface area (Å²) in [6, 6.07) is 5.84. The molecule has 0 amide bonds. The van der Waals surface area contributed by atoms with E-state index in [-0.39, 0.29) is 5.97 Å². The number of carbonyl (C=O) groups is 1. The van der Waals surface area contributed by atoms with Crippen LogP contribution in [0, 0.1) is 0 Å². The van der Waals surface area contributed by atoms with E-state index in [1.165, 1.54) is 5.57 Å². The lowest BCUT2D eigenvalue weighted by Gasteiger charge is -2.20. The van der Waals surface area contributed by atoms with Crippen molar-refractivity contribution >= 4 is 5.97 Å². The fourth-order valence-electron chi connectivity index (χ4n) is 2.84. The molecule has 1 aromatic rings. The van der Waals surface area contributed by atoms with Gasteiger partial charge in [0.15, 0.2) is 0 Å². The van der Waals surface area contributed by atoms with Gasteiger partial charge in [-0.15, -0.1) is 0 Å². The summed E-state index contributed by atoms with van der Waals surface area (Å²) < 4.78 is 15.8. The number of hydrogen-bond acceptors (Lipinski definition) is 4. The maximum atomic E-state index is 12.1. The van der Waals surface area contributed by atoms with E-state index < -0.39 is 0 Å². The minimum atomic E-state index is -0.160. The van der Waals surface area contributed by atoms with Crippen molar-refractivity contribution in [1.29, 1.82) is 0 Å². The molecule has 2 rings (SSSR count). The summed E-state index contributed by atoms with van der Waals surface area (Å²) in [5, 5.41) is 0. The molecule has 0 fully saturated rings. The molecule has 0 spiro atoms. The molecule has 0 N–H and O–H groups in total. The highest BCUT2D eigenvalue weighted by atomic mass is 16.5. The first-order chi connectivity index (χ1) is 10.7. The third-order valence-electron chi connectivity index (χ3n) is 3.93. The second kappa shape index (κ2) is 7.87. The summed E-state index contributed by atoms with van der Waals surface area (Å²) in [6.45, 7) is 2.26. The van der Waals surface area contributed by atoms with Crippen molar-refractivity contribution in [3.05, 3.63) is 34.9 Å². The Bertz CT molecular complexity index is 538. The molecule has 0 aliphatic heterocycles. The van der Waals surface area contributed by atoms with Crippen molar-refractivity contribution in [2.24, 2.45) is 0 Å². The van der Waals surface area contributed by atoms with E-state index in [0.717, 1.165) is 54.7 Å². The molecule has 0 saturated carbocycles. The molecule has 0 saturated heterocycles. The molecule has 4 nitrogen and oxygen atoms in total. The zero-order valence-corrected chi connectivity index (χ0v) is 13.6. The van der Waals surface area contributed by atoms with Crippen LogP contribution in [0.3, 0.4) is 0 Å². The Morgan fingerprint density at radius 1 is 1.05 bits per heavy atom. The molecular formula is C18H24O4. The summed E-state index contributed by atoms with van der Waals surface area (Å²) in [5.74, 6) is 1.37. The van der Waals surface area contributed by atoms with Gasteiger partial charge in [-0.3, -0.25) is 0 Å². The molecule has 1 aliphatic carbocycles. The lowest BCUT2D eigenvalue weighted by atomic mass is 9.88. The van der Waals surface area contributed by atoms with Crippen molar-refractivity contribution in [2.45, 2.75) is 39.0 Å². The van der Waals surface area contributed by atoms with E-state index in [0.29, 0.717) is 6.61 Å². The van der Waals surface area contributed by atoms with Crippen molar-refractivity contribution in [1.82, 2.24) is 0 Å². The monoisotopic (exact) mass is 304 g/mol. The Labute approximate surface area is 132 Å². The molecule has 0 atom stereocenters. The van der Waals surface area contributed by atoms with Crippen molar-refractivity contribution < 1.29 is 19.0 Å². The van der Waals surface area contributed by atoms with Crippen LogP contribution in [0.4, 0.5) is 0 Å². The Morgan fingerprint density at radius 3 is 2.27 bits per heavy atom. The van der Waals surface area contributed by atoms with Gasteiger partial charge in [-0.25, -0.2) is 4.79 Å². The van der Waals surface area contributed by atoms with Gasteiger partial charge in [0.2, 0.25) is 0 Å². The van der Waals surface area contributed by atoms with Gasteiger partial charge in [0, 0.05) is 11.6 Å². The predicted octanol–water partition coefficient (Wildman–Crippen LogP) is 3.68. The Kier molecular flexibility index (Phi) is 5.87. The second-order valence-electron chi connectivity index (χ2n) is 5.41. The minimum Gasteiger partial charge on any atom is -0.497 e. The zero-order valence-electron chi connectivity index (χ0n) is 13.6. The highest BCUT2D eigenvalue weighted by Crippen LogP contribution is 2.31. The number of rotatable bonds is 6. The molecule has 0 bridgehead atoms. The Morgan fingerprint density at radius 2 is 1.68 bits per heavy atom. The number of benzene rings is 1. The minimum absolute atomic E-state index is 0.160. The molecule has 4 heteroatoms. The van der Waals surface area contributed by atoms with Crippen LogP contribution >= 0.6 is 0 Å². The van der Waals surface area contributed by atoms with Crippen LogP contribution in [-0.4, -0.2) is 26.8 Å². The van der Waals surface area contributed by atoms with Gasteiger partial charge < -0.3 is 14.2 Å². The fraction of sp³-hybridized carbons (Fsp3) is 0.500. The topological polar surface area (TPSA) is 44.8 Å². The smallest absolute Gasteiger partial charge is 0.333 e. The molecular weight excluding hydrogens is 280 g/mol. The Hall–Kier alpha value is -1.97. The molecule has 1 aliphatic rings. The predicted molar refractivity (Wildman–Crippen MR) is 85.4 cm³/mol. The van der Waals surface area contributed by atoms with Crippen molar-refractivity contribution in [3.8, 4) is 11.5 Å². The maximum absolute atomic E-state index is 12.1. The molecule has 0 heterocycles. The van der Waals surface area contributed by atoms with Gasteiger partial charge in [-0.1, -0.05) is 5.57 Å². The largest absolute Gasteiger partial charge is 0.497 e. The van der Waals surface area contributed by atoms with Gasteiger partial charge in [0.1, 0.15) is 11.5 Å². The highest BCUT2D eigenvalue weighted by molar-refractivity contribution is 5.89. The third-order valence-corrected chi connectivity index (χ3v) is 3.93. The van der Waals surface area contributed by atoms with Crippen molar-refractivity contribution in [3.63, 3.8) is 0 Å². The number of methoxy groups -OCH3 is 2. The quantitative estimate of drug-likeness (QED) is 0.752. The van der Waals surface area contributed by atoms with Gasteiger partial charge in [0.05, 0.1) is 20.8 Å². The van der Waals surface area contributed by atoms with Gasteiger partial charge in [-0.05, 0) is 56.7 Å². The van der Waals surface area contributed by atoms with Crippen LogP contribution in [0.1, 0.15) is 38.2 Å². The van der Waals surface area contributed by atoms with Crippen LogP contribution in [0.15, 0.2) is 29.3 Å². The number of esters is 1. The van der Waals surface area contributed by atoms with Crippen LogP contribution in [0.25, 0.3) is 0 Å². The van der Waals surface area contributed by atoms with Crippen molar-refractivity contribution in [2.75, 3.05) is 20.8 Å². The molecule has 0 unspecified atom stereocenters. The first-order valence-electron chi connectivity index (χ1n) is 7.78. The molecule has 0 radical (unpaired) electrons. The van der Waals surface area contributed by atoms with E-state index in [9.17, 15) is 4.79 Å². The molecule has 0 aromatic heterocycles. The SMILES string of the molecule is CCOC(=O)C1=C(Cc2cc(OC)cc(OC)c2)CCCC1. The van der Waals surface area contributed by atoms with E-state index in [4.69, 9.17) is 14.2 Å². The van der Waals surface area contributed by atoms with E-state index in [1.54, 1.807) is 14.2 Å². The van der Waals surface area contributed by atoms with Crippen LogP contribution in [0.2, 0.25) is 0 Å². The third kappa shape index (κ3) is 4.03. The first-order valence-corrected chi connectivity index (χ1v) is 7.78. The lowest BCUT2D eigenvalue weighted by molar-refractivity contribution is -0.138. The van der Waals surface area contributed by atoms with E-state index in [2.05, 4.69) is 0 Å². The number of allylic oxidation sites excluding steroid dienone is 1. The zero-order chi connectivity index (χ0) is 15.9. The normalized spacial score (nSPS) is 14.7. The number of carbonyl (C=O) groups excluding carboxylic acids is 1. The summed E-state index contributed by atoms with van der Waals surface area (Å²) in [4.78, 5) is 12.1. The molecule has 1 aromatic carbocycles. The fourth-order valence-corrected chi connectivity index (χ4v) is 2.84. The molecule has 120 valence electrons. The van der Waals surface area contributed by atoms with E-state index in [1.807, 2.05) is 25.1 Å². The maximum Gasteiger partial charge on any atom is 0.333 e. The molecule has 22 heavy (non-hydrogen) atoms. The van der Waals surface area contributed by atoms with Gasteiger partial charge >= 0.3 is 5.97 Å². The number of ether oxygens (including phenoxy) is 3. The second-order valence-corrected chi connectivity index (χ2v) is 5.41. The average molecular weight is 304 g/mol. The highest BCUT2D eigenvalue weighted by Gasteiger charge is 2.20. The lowest BCUT2D eigenvalue weighted by Crippen LogP contribution is -2.14. The number of hydrogen-bond donors (Lipinski definition) is 0. The summed E-state index contributed by atoms with van der Waals surface area (Å²) in [5.41, 5.74) is 3.13. The standard InChI is InChI=1S/C18H24O4/c1-4-22-18(19)17-8-6-5-7-14(17)9-13-10-15(20-2)12-16(11-13)21-3/h10-12H,4-9H2,1-3H3. The van der Waals surface area contributed by atoms with E-state index >= 15 is 0 Å². The summed E-state index contributed by atoms with van der Waals surface area (Å²) in [7, 11) is 3.28. The van der Waals surface area contributed by atoms with Crippen LogP contribution < -0.4 is 9.47 Å². The summed E-state index contributed by atoms with van der Waals surface area (Å²) in [6.07, 6.45) is 4.68. The summed E-state index contributed by atoms with van der Waals surface area (Å²) >= 11 is 0. The van der Waals surface area contributed by atoms with Gasteiger partial charge in [-0.2, -0.15) is 0 Å².